The number of hydrogen-bond acceptors (Lipinski definition) is 4. The molecule has 0 bridgehead atoms. The van der Waals surface area contributed by atoms with Crippen LogP contribution in [0.3, 0.4) is 0 Å². The van der Waals surface area contributed by atoms with Crippen molar-refractivity contribution in [2.24, 2.45) is 0 Å². The lowest BCUT2D eigenvalue weighted by Gasteiger charge is -2.26. The van der Waals surface area contributed by atoms with E-state index in [9.17, 15) is 9.59 Å². The molecule has 1 amide bonds. The quantitative estimate of drug-likeness (QED) is 0.482. The van der Waals surface area contributed by atoms with Gasteiger partial charge in [-0.25, -0.2) is 4.98 Å². The molecule has 1 saturated heterocycles. The molecule has 1 fully saturated rings. The summed E-state index contributed by atoms with van der Waals surface area (Å²) in [4.78, 5) is 32.8. The SMILES string of the molecule is Cc1cccc(C)c1-n1c(SCC(=O)N2CCCCC2)nc2ccccc2c1=O. The summed E-state index contributed by atoms with van der Waals surface area (Å²) < 4.78 is 1.68. The molecule has 5 nitrogen and oxygen atoms in total. The minimum Gasteiger partial charge on any atom is -0.342 e. The number of thioether (sulfide) groups is 1. The first-order valence-electron chi connectivity index (χ1n) is 10.1. The maximum atomic E-state index is 13.4. The molecular weight excluding hydrogens is 382 g/mol. The van der Waals surface area contributed by atoms with Gasteiger partial charge in [0.05, 0.1) is 22.3 Å². The summed E-state index contributed by atoms with van der Waals surface area (Å²) in [6.07, 6.45) is 3.32. The van der Waals surface area contributed by atoms with E-state index in [1.165, 1.54) is 18.2 Å². The topological polar surface area (TPSA) is 55.2 Å². The lowest BCUT2D eigenvalue weighted by atomic mass is 10.1. The largest absolute Gasteiger partial charge is 0.342 e. The fourth-order valence-corrected chi connectivity index (χ4v) is 4.83. The second-order valence-corrected chi connectivity index (χ2v) is 8.47. The lowest BCUT2D eigenvalue weighted by Crippen LogP contribution is -2.37. The van der Waals surface area contributed by atoms with Gasteiger partial charge in [0.15, 0.2) is 5.16 Å². The average molecular weight is 408 g/mol. The van der Waals surface area contributed by atoms with Crippen molar-refractivity contribution in [2.45, 2.75) is 38.3 Å². The summed E-state index contributed by atoms with van der Waals surface area (Å²) in [6, 6.07) is 13.4. The van der Waals surface area contributed by atoms with Gasteiger partial charge in [-0.05, 0) is 56.4 Å². The number of benzene rings is 2. The molecule has 29 heavy (non-hydrogen) atoms. The lowest BCUT2D eigenvalue weighted by molar-refractivity contribution is -0.129. The molecule has 4 rings (SSSR count). The summed E-state index contributed by atoms with van der Waals surface area (Å²) in [5, 5.41) is 1.15. The van der Waals surface area contributed by atoms with Crippen LogP contribution in [0.1, 0.15) is 30.4 Å². The maximum absolute atomic E-state index is 13.4. The zero-order chi connectivity index (χ0) is 20.4. The summed E-state index contributed by atoms with van der Waals surface area (Å²) >= 11 is 1.35. The number of likely N-dealkylation sites (tertiary alicyclic amines) is 1. The van der Waals surface area contributed by atoms with Gasteiger partial charge in [-0.15, -0.1) is 0 Å². The smallest absolute Gasteiger partial charge is 0.266 e. The van der Waals surface area contributed by atoms with E-state index in [1.54, 1.807) is 4.57 Å². The van der Waals surface area contributed by atoms with Crippen molar-refractivity contribution in [3.63, 3.8) is 0 Å². The summed E-state index contributed by atoms with van der Waals surface area (Å²) in [6.45, 7) is 5.65. The third kappa shape index (κ3) is 3.94. The minimum atomic E-state index is -0.0964. The van der Waals surface area contributed by atoms with Crippen LogP contribution in [0.5, 0.6) is 0 Å². The average Bonchev–Trinajstić information content (AvgIpc) is 2.74. The second-order valence-electron chi connectivity index (χ2n) is 7.52. The Labute approximate surface area is 174 Å². The first-order chi connectivity index (χ1) is 14.1. The van der Waals surface area contributed by atoms with Crippen LogP contribution in [0.4, 0.5) is 0 Å². The number of aryl methyl sites for hydroxylation is 2. The van der Waals surface area contributed by atoms with Gasteiger partial charge in [-0.2, -0.15) is 0 Å². The van der Waals surface area contributed by atoms with E-state index in [2.05, 4.69) is 0 Å². The normalized spacial score (nSPS) is 14.3. The Morgan fingerprint density at radius 1 is 1.00 bits per heavy atom. The van der Waals surface area contributed by atoms with Gasteiger partial charge in [0, 0.05) is 13.1 Å². The van der Waals surface area contributed by atoms with Crippen LogP contribution in [0, 0.1) is 13.8 Å². The van der Waals surface area contributed by atoms with Gasteiger partial charge in [0.25, 0.3) is 5.56 Å². The van der Waals surface area contributed by atoms with E-state index in [0.29, 0.717) is 16.1 Å². The summed E-state index contributed by atoms with van der Waals surface area (Å²) in [7, 11) is 0. The summed E-state index contributed by atoms with van der Waals surface area (Å²) in [5.41, 5.74) is 3.43. The molecule has 2 aromatic carbocycles. The third-order valence-corrected chi connectivity index (χ3v) is 6.36. The minimum absolute atomic E-state index is 0.0964. The van der Waals surface area contributed by atoms with E-state index < -0.39 is 0 Å². The Balaban J connectivity index is 1.78. The molecule has 0 radical (unpaired) electrons. The highest BCUT2D eigenvalue weighted by atomic mass is 32.2. The number of fused-ring (bicyclic) bond motifs is 1. The third-order valence-electron chi connectivity index (χ3n) is 5.44. The van der Waals surface area contributed by atoms with Crippen LogP contribution in [0.2, 0.25) is 0 Å². The predicted octanol–water partition coefficient (Wildman–Crippen LogP) is 4.11. The molecular formula is C23H25N3O2S. The van der Waals surface area contributed by atoms with Crippen LogP contribution in [0.25, 0.3) is 16.6 Å². The van der Waals surface area contributed by atoms with Gasteiger partial charge in [0.2, 0.25) is 5.91 Å². The van der Waals surface area contributed by atoms with Gasteiger partial charge in [-0.3, -0.25) is 14.2 Å². The molecule has 1 aromatic heterocycles. The molecule has 0 spiro atoms. The van der Waals surface area contributed by atoms with Crippen molar-refractivity contribution >= 4 is 28.6 Å². The standard InChI is InChI=1S/C23H25N3O2S/c1-16-9-8-10-17(2)21(16)26-22(28)18-11-4-5-12-19(18)24-23(26)29-15-20(27)25-13-6-3-7-14-25/h4-5,8-12H,3,6-7,13-15H2,1-2H3. The Morgan fingerprint density at radius 2 is 1.69 bits per heavy atom. The Bertz CT molecular complexity index is 1100. The molecule has 0 aliphatic carbocycles. The highest BCUT2D eigenvalue weighted by Crippen LogP contribution is 2.26. The Kier molecular flexibility index (Phi) is 5.72. The van der Waals surface area contributed by atoms with Gasteiger partial charge >= 0.3 is 0 Å². The van der Waals surface area contributed by atoms with E-state index >= 15 is 0 Å². The molecule has 2 heterocycles. The zero-order valence-electron chi connectivity index (χ0n) is 16.9. The number of aromatic nitrogens is 2. The number of para-hydroxylation sites is 2. The van der Waals surface area contributed by atoms with E-state index in [4.69, 9.17) is 4.98 Å². The van der Waals surface area contributed by atoms with Crippen molar-refractivity contribution in [3.05, 3.63) is 63.9 Å². The van der Waals surface area contributed by atoms with Crippen LogP contribution in [0.15, 0.2) is 52.4 Å². The van der Waals surface area contributed by atoms with E-state index in [1.807, 2.05) is 61.2 Å². The molecule has 0 N–H and O–H groups in total. The van der Waals surface area contributed by atoms with Crippen LogP contribution in [-0.2, 0) is 4.79 Å². The van der Waals surface area contributed by atoms with Crippen molar-refractivity contribution in [1.29, 1.82) is 0 Å². The Morgan fingerprint density at radius 3 is 2.41 bits per heavy atom. The van der Waals surface area contributed by atoms with Crippen molar-refractivity contribution in [1.82, 2.24) is 14.5 Å². The van der Waals surface area contributed by atoms with Crippen molar-refractivity contribution < 1.29 is 4.79 Å². The van der Waals surface area contributed by atoms with Gasteiger partial charge in [-0.1, -0.05) is 42.1 Å². The summed E-state index contributed by atoms with van der Waals surface area (Å²) in [5.74, 6) is 0.403. The van der Waals surface area contributed by atoms with Crippen LogP contribution in [-0.4, -0.2) is 39.2 Å². The van der Waals surface area contributed by atoms with Crippen molar-refractivity contribution in [2.75, 3.05) is 18.8 Å². The fraction of sp³-hybridized carbons (Fsp3) is 0.348. The second kappa shape index (κ2) is 8.41. The maximum Gasteiger partial charge on any atom is 0.266 e. The number of nitrogens with zero attached hydrogens (tertiary/aromatic N) is 3. The molecule has 3 aromatic rings. The fourth-order valence-electron chi connectivity index (χ4n) is 3.93. The first-order valence-corrected chi connectivity index (χ1v) is 11.0. The predicted molar refractivity (Wildman–Crippen MR) is 118 cm³/mol. The molecule has 150 valence electrons. The first kappa shape index (κ1) is 19.7. The zero-order valence-corrected chi connectivity index (χ0v) is 17.7. The number of carbonyl (C=O) groups is 1. The number of rotatable bonds is 4. The molecule has 0 atom stereocenters. The van der Waals surface area contributed by atoms with E-state index in [0.717, 1.165) is 42.7 Å². The van der Waals surface area contributed by atoms with Gasteiger partial charge < -0.3 is 4.90 Å². The molecule has 6 heteroatoms. The molecule has 1 aliphatic heterocycles. The number of hydrogen-bond donors (Lipinski definition) is 0. The number of amides is 1. The molecule has 1 aliphatic rings. The number of carbonyl (C=O) groups excluding carboxylic acids is 1. The Hall–Kier alpha value is -2.60. The highest BCUT2D eigenvalue weighted by Gasteiger charge is 2.20. The molecule has 0 unspecified atom stereocenters. The monoisotopic (exact) mass is 407 g/mol. The van der Waals surface area contributed by atoms with Crippen molar-refractivity contribution in [3.8, 4) is 5.69 Å². The highest BCUT2D eigenvalue weighted by molar-refractivity contribution is 7.99. The number of piperidine rings is 1. The van der Waals surface area contributed by atoms with E-state index in [-0.39, 0.29) is 17.2 Å². The van der Waals surface area contributed by atoms with Crippen LogP contribution >= 0.6 is 11.8 Å². The van der Waals surface area contributed by atoms with Gasteiger partial charge in [0.1, 0.15) is 0 Å². The van der Waals surface area contributed by atoms with Crippen LogP contribution < -0.4 is 5.56 Å². The molecule has 0 saturated carbocycles.